The van der Waals surface area contributed by atoms with Gasteiger partial charge in [0.05, 0.1) is 30.6 Å². The van der Waals surface area contributed by atoms with Crippen LogP contribution in [0.3, 0.4) is 0 Å². The van der Waals surface area contributed by atoms with Crippen LogP contribution < -0.4 is 15.4 Å². The summed E-state index contributed by atoms with van der Waals surface area (Å²) >= 11 is 3.30. The summed E-state index contributed by atoms with van der Waals surface area (Å²) in [7, 11) is 1.61. The minimum Gasteiger partial charge on any atom is -0.497 e. The smallest absolute Gasteiger partial charge is 0.253 e. The predicted molar refractivity (Wildman–Crippen MR) is 320 cm³/mol. The van der Waals surface area contributed by atoms with Crippen molar-refractivity contribution in [1.82, 2.24) is 30.4 Å². The van der Waals surface area contributed by atoms with E-state index in [2.05, 4.69) is 36.5 Å². The Labute approximate surface area is 497 Å². The highest BCUT2D eigenvalue weighted by Crippen LogP contribution is 2.26. The third-order valence-corrected chi connectivity index (χ3v) is 14.1. The molecule has 2 heterocycles. The molecular formula is C66H73BrF4N6O7. The average Bonchev–Trinajstić information content (AvgIpc) is 3.30. The van der Waals surface area contributed by atoms with Gasteiger partial charge in [0.25, 0.3) is 23.6 Å². The number of hydrogen-bond donors (Lipinski definition) is 4. The van der Waals surface area contributed by atoms with E-state index in [1.54, 1.807) is 85.5 Å². The molecule has 2 unspecified atom stereocenters. The van der Waals surface area contributed by atoms with Gasteiger partial charge < -0.3 is 35.4 Å². The van der Waals surface area contributed by atoms with Crippen molar-refractivity contribution in [2.24, 2.45) is 0 Å². The number of aryl methyl sites for hydroxylation is 2. The van der Waals surface area contributed by atoms with E-state index in [0.717, 1.165) is 78.0 Å². The number of methoxy groups -OCH3 is 1. The quantitative estimate of drug-likeness (QED) is 0.0406. The van der Waals surface area contributed by atoms with Crippen molar-refractivity contribution in [3.05, 3.63) is 228 Å². The van der Waals surface area contributed by atoms with Gasteiger partial charge in [0.15, 0.2) is 0 Å². The molecule has 2 aromatic heterocycles. The van der Waals surface area contributed by atoms with Crippen molar-refractivity contribution in [2.75, 3.05) is 33.3 Å². The third-order valence-electron chi connectivity index (χ3n) is 13.6. The first-order valence-corrected chi connectivity index (χ1v) is 28.9. The molecule has 444 valence electrons. The first-order chi connectivity index (χ1) is 40.2. The van der Waals surface area contributed by atoms with E-state index in [1.807, 2.05) is 58.0 Å². The maximum absolute atomic E-state index is 14.1. The third kappa shape index (κ3) is 19.1. The molecule has 7 rings (SSSR count). The molecule has 0 saturated heterocycles. The molecule has 13 nitrogen and oxygen atoms in total. The van der Waals surface area contributed by atoms with Gasteiger partial charge in [-0.3, -0.25) is 29.1 Å². The lowest BCUT2D eigenvalue weighted by Gasteiger charge is -2.25. The second-order valence-electron chi connectivity index (χ2n) is 20.8. The van der Waals surface area contributed by atoms with Crippen LogP contribution in [0.2, 0.25) is 0 Å². The normalized spacial score (nSPS) is 12.5. The van der Waals surface area contributed by atoms with Gasteiger partial charge in [0.2, 0.25) is 0 Å². The van der Waals surface area contributed by atoms with Gasteiger partial charge in [-0.15, -0.1) is 0 Å². The Morgan fingerprint density at radius 1 is 0.524 bits per heavy atom. The summed E-state index contributed by atoms with van der Waals surface area (Å²) in [5.74, 6) is -3.68. The van der Waals surface area contributed by atoms with Crippen LogP contribution in [0.25, 0.3) is 0 Å². The van der Waals surface area contributed by atoms with Gasteiger partial charge >= 0.3 is 0 Å². The van der Waals surface area contributed by atoms with Crippen molar-refractivity contribution in [3.8, 4) is 5.75 Å². The monoisotopic (exact) mass is 1220 g/mol. The number of pyridine rings is 2. The number of nitrogens with zero attached hydrogens (tertiary/aromatic N) is 4. The summed E-state index contributed by atoms with van der Waals surface area (Å²) in [6.07, 6.45) is 4.28. The number of halogens is 5. The molecule has 0 fully saturated rings. The number of carbonyl (C=O) groups excluding carboxylic acids is 4. The number of hydrogen-bond acceptors (Lipinski definition) is 9. The number of aromatic nitrogens is 2. The SMILES string of the molecule is CCCN(CCC)C(=O)c1cc(C)cc(C(=O)N[C@@H](Cc2cc(F)cc(F)c2)C(O)c2ccc(Br)cn2)c1.CCCN(CCC)C(=O)c1cc(C)cc(C(=O)N[C@@H](Cc2cc(F)cc(F)c2)C(O)c2ccc(Cc3cccc(OC)c3)cn2)c1. The molecule has 0 saturated carbocycles. The summed E-state index contributed by atoms with van der Waals surface area (Å²) in [5.41, 5.74) is 5.73. The summed E-state index contributed by atoms with van der Waals surface area (Å²) in [5, 5.41) is 28.2. The van der Waals surface area contributed by atoms with Crippen LogP contribution in [0, 0.1) is 37.1 Å². The number of benzene rings is 5. The van der Waals surface area contributed by atoms with Gasteiger partial charge in [-0.1, -0.05) is 45.9 Å². The lowest BCUT2D eigenvalue weighted by molar-refractivity contribution is 0.0747. The molecule has 0 spiro atoms. The Kier molecular flexibility index (Phi) is 24.7. The Hall–Kier alpha value is -7.80. The molecule has 7 aromatic rings. The summed E-state index contributed by atoms with van der Waals surface area (Å²) < 4.78 is 61.9. The lowest BCUT2D eigenvalue weighted by Crippen LogP contribution is -2.41. The molecule has 18 heteroatoms. The molecule has 5 aromatic carbocycles. The van der Waals surface area contributed by atoms with Crippen molar-refractivity contribution in [1.29, 1.82) is 0 Å². The predicted octanol–water partition coefficient (Wildman–Crippen LogP) is 12.4. The van der Waals surface area contributed by atoms with Crippen molar-refractivity contribution in [3.63, 3.8) is 0 Å². The fraction of sp³-hybridized carbons (Fsp3) is 0.333. The Bertz CT molecular complexity index is 3300. The van der Waals surface area contributed by atoms with Gasteiger partial charge in [0, 0.05) is 77.4 Å². The highest BCUT2D eigenvalue weighted by Gasteiger charge is 2.29. The molecule has 0 bridgehead atoms. The van der Waals surface area contributed by atoms with Crippen LogP contribution in [0.4, 0.5) is 17.6 Å². The molecule has 4 atom stereocenters. The molecule has 0 radical (unpaired) electrons. The standard InChI is InChI=1S/C37H41F2N3O4.C29H32BrF2N3O3/c1-5-12-42(13-6-2)37(45)29-15-24(3)14-28(21-29)36(44)41-34(20-27-17-30(38)22-31(39)18-27)35(43)33-11-10-26(23-40-33)16-25-8-7-9-32(19-25)46-4;1-4-8-35(9-5-2)29(38)21-11-18(3)10-20(15-21)28(37)34-26(14-19-12-23(31)16-24(32)13-19)27(36)25-7-6-22(30)17-33-25/h7-11,14-15,17-19,21-23,34-35,43H,5-6,12-13,16,20H2,1-4H3,(H,41,44);6-7,10-13,15-17,26-27,36H,4-5,8-9,14H2,1-3H3,(H,34,37)/t34-,35?;26-,27?/m00/s1. The van der Waals surface area contributed by atoms with Crippen LogP contribution in [-0.2, 0) is 19.3 Å². The first kappa shape index (κ1) is 65.4. The van der Waals surface area contributed by atoms with Crippen LogP contribution in [0.15, 0.2) is 138 Å². The minimum absolute atomic E-state index is 0.0578. The summed E-state index contributed by atoms with van der Waals surface area (Å²) in [4.78, 5) is 65.7. The molecule has 4 amide bonds. The zero-order chi connectivity index (χ0) is 61.0. The van der Waals surface area contributed by atoms with Crippen molar-refractivity contribution >= 4 is 39.6 Å². The Morgan fingerprint density at radius 2 is 0.940 bits per heavy atom. The van der Waals surface area contributed by atoms with E-state index in [4.69, 9.17) is 4.74 Å². The van der Waals surface area contributed by atoms with E-state index < -0.39 is 59.4 Å². The summed E-state index contributed by atoms with van der Waals surface area (Å²) in [6.45, 7) is 14.0. The molecule has 0 aliphatic heterocycles. The second kappa shape index (κ2) is 31.7. The molecule has 0 aliphatic carbocycles. The fourth-order valence-electron chi connectivity index (χ4n) is 9.81. The average molecular weight is 1220 g/mol. The van der Waals surface area contributed by atoms with Gasteiger partial charge in [-0.25, -0.2) is 17.6 Å². The number of nitrogens with one attached hydrogen (secondary N) is 2. The van der Waals surface area contributed by atoms with E-state index >= 15 is 0 Å². The number of ether oxygens (including phenoxy) is 1. The largest absolute Gasteiger partial charge is 0.497 e. The van der Waals surface area contributed by atoms with Crippen molar-refractivity contribution in [2.45, 2.75) is 111 Å². The molecule has 0 aliphatic rings. The van der Waals surface area contributed by atoms with Crippen LogP contribution in [-0.4, -0.2) is 99.0 Å². The minimum atomic E-state index is -1.31. The zero-order valence-corrected chi connectivity index (χ0v) is 50.0. The first-order valence-electron chi connectivity index (χ1n) is 28.1. The highest BCUT2D eigenvalue weighted by molar-refractivity contribution is 9.10. The van der Waals surface area contributed by atoms with Gasteiger partial charge in [0.1, 0.15) is 41.2 Å². The topological polar surface area (TPSA) is 174 Å². The van der Waals surface area contributed by atoms with E-state index in [-0.39, 0.29) is 58.3 Å². The number of amides is 4. The van der Waals surface area contributed by atoms with Gasteiger partial charge in [-0.05, 0) is 199 Å². The number of rotatable bonds is 25. The molecule has 4 N–H and O–H groups in total. The molecular weight excluding hydrogens is 1140 g/mol. The zero-order valence-electron chi connectivity index (χ0n) is 48.4. The van der Waals surface area contributed by atoms with Gasteiger partial charge in [-0.2, -0.15) is 0 Å². The van der Waals surface area contributed by atoms with Crippen molar-refractivity contribution < 1.29 is 51.7 Å². The number of carbonyl (C=O) groups is 4. The van der Waals surface area contributed by atoms with Crippen LogP contribution in [0.1, 0.15) is 152 Å². The Balaban J connectivity index is 0.000000275. The second-order valence-corrected chi connectivity index (χ2v) is 21.7. The fourth-order valence-corrected chi connectivity index (χ4v) is 10.0. The molecule has 84 heavy (non-hydrogen) atoms. The summed E-state index contributed by atoms with van der Waals surface area (Å²) in [6, 6.07) is 28.6. The van der Waals surface area contributed by atoms with Crippen LogP contribution >= 0.6 is 15.9 Å². The van der Waals surface area contributed by atoms with E-state index in [1.165, 1.54) is 24.4 Å². The van der Waals surface area contributed by atoms with E-state index in [9.17, 15) is 47.0 Å². The van der Waals surface area contributed by atoms with E-state index in [0.29, 0.717) is 48.2 Å². The maximum Gasteiger partial charge on any atom is 0.253 e. The lowest BCUT2D eigenvalue weighted by atomic mass is 9.97. The van der Waals surface area contributed by atoms with Crippen LogP contribution in [0.5, 0.6) is 5.75 Å². The highest BCUT2D eigenvalue weighted by atomic mass is 79.9. The number of aliphatic hydroxyl groups excluding tert-OH is 2. The maximum atomic E-state index is 14.1. The Morgan fingerprint density at radius 3 is 1.32 bits per heavy atom. The number of aliphatic hydroxyl groups is 2.